The number of hydrogen-bond acceptors (Lipinski definition) is 2. The van der Waals surface area contributed by atoms with E-state index in [1.54, 1.807) is 4.90 Å². The highest BCUT2D eigenvalue weighted by molar-refractivity contribution is 5.95. The Labute approximate surface area is 95.7 Å². The summed E-state index contributed by atoms with van der Waals surface area (Å²) in [6, 6.07) is -0.258. The molecule has 2 amide bonds. The zero-order valence-corrected chi connectivity index (χ0v) is 9.82. The van der Waals surface area contributed by atoms with Gasteiger partial charge in [0, 0.05) is 6.54 Å². The predicted octanol–water partition coefficient (Wildman–Crippen LogP) is 0.690. The minimum absolute atomic E-state index is 0.0290. The van der Waals surface area contributed by atoms with E-state index in [1.807, 2.05) is 19.9 Å². The third-order valence-corrected chi connectivity index (χ3v) is 3.04. The van der Waals surface area contributed by atoms with Crippen molar-refractivity contribution in [3.05, 3.63) is 11.6 Å². The van der Waals surface area contributed by atoms with Crippen LogP contribution in [0.15, 0.2) is 11.6 Å². The van der Waals surface area contributed by atoms with E-state index in [-0.39, 0.29) is 24.4 Å². The first-order chi connectivity index (χ1) is 7.58. The zero-order valence-electron chi connectivity index (χ0n) is 9.82. The summed E-state index contributed by atoms with van der Waals surface area (Å²) < 4.78 is 0. The van der Waals surface area contributed by atoms with E-state index in [2.05, 4.69) is 5.32 Å². The topological polar surface area (TPSA) is 49.4 Å². The average molecular weight is 222 g/mol. The maximum absolute atomic E-state index is 12.0. The Morgan fingerprint density at radius 1 is 1.44 bits per heavy atom. The zero-order chi connectivity index (χ0) is 11.7. The molecule has 1 atom stereocenters. The van der Waals surface area contributed by atoms with Gasteiger partial charge in [0.25, 0.3) is 0 Å². The molecule has 1 aliphatic heterocycles. The lowest BCUT2D eigenvalue weighted by atomic mass is 10.1. The minimum atomic E-state index is -0.258. The van der Waals surface area contributed by atoms with Crippen molar-refractivity contribution in [2.24, 2.45) is 5.92 Å². The molecule has 0 spiro atoms. The summed E-state index contributed by atoms with van der Waals surface area (Å²) in [4.78, 5) is 25.2. The second-order valence-electron chi connectivity index (χ2n) is 4.88. The quantitative estimate of drug-likeness (QED) is 0.714. The summed E-state index contributed by atoms with van der Waals surface area (Å²) >= 11 is 0. The molecule has 4 nitrogen and oxygen atoms in total. The van der Waals surface area contributed by atoms with Crippen LogP contribution in [0.2, 0.25) is 0 Å². The second kappa shape index (κ2) is 4.28. The van der Waals surface area contributed by atoms with Crippen LogP contribution in [0.4, 0.5) is 0 Å². The lowest BCUT2D eigenvalue weighted by molar-refractivity contribution is -0.144. The van der Waals surface area contributed by atoms with Gasteiger partial charge in [0.05, 0.1) is 6.54 Å². The first-order valence-corrected chi connectivity index (χ1v) is 5.79. The fraction of sp³-hybridized carbons (Fsp3) is 0.667. The third-order valence-electron chi connectivity index (χ3n) is 3.04. The summed E-state index contributed by atoms with van der Waals surface area (Å²) in [5.41, 5.74) is 1.17. The van der Waals surface area contributed by atoms with Gasteiger partial charge < -0.3 is 10.2 Å². The maximum atomic E-state index is 12.0. The van der Waals surface area contributed by atoms with Crippen LogP contribution >= 0.6 is 0 Å². The highest BCUT2D eigenvalue weighted by atomic mass is 16.2. The van der Waals surface area contributed by atoms with Crippen molar-refractivity contribution in [1.29, 1.82) is 0 Å². The predicted molar refractivity (Wildman–Crippen MR) is 60.7 cm³/mol. The van der Waals surface area contributed by atoms with Crippen molar-refractivity contribution < 1.29 is 9.59 Å². The van der Waals surface area contributed by atoms with Crippen LogP contribution in [0.3, 0.4) is 0 Å². The fourth-order valence-electron chi connectivity index (χ4n) is 1.93. The highest BCUT2D eigenvalue weighted by Gasteiger charge is 2.42. The number of rotatable bonds is 3. The molecule has 2 fully saturated rings. The number of hydrogen-bond donors (Lipinski definition) is 1. The van der Waals surface area contributed by atoms with E-state index in [0.717, 1.165) is 12.8 Å². The maximum Gasteiger partial charge on any atom is 0.246 e. The summed E-state index contributed by atoms with van der Waals surface area (Å²) in [5, 5.41) is 2.79. The van der Waals surface area contributed by atoms with E-state index in [0.29, 0.717) is 12.5 Å². The van der Waals surface area contributed by atoms with E-state index >= 15 is 0 Å². The number of allylic oxidation sites excluding steroid dienone is 1. The second-order valence-corrected chi connectivity index (χ2v) is 4.88. The molecule has 2 rings (SSSR count). The normalized spacial score (nSPS) is 25.4. The van der Waals surface area contributed by atoms with E-state index < -0.39 is 0 Å². The molecule has 1 heterocycles. The van der Waals surface area contributed by atoms with Crippen LogP contribution in [0.25, 0.3) is 0 Å². The largest absolute Gasteiger partial charge is 0.342 e. The molecular formula is C12H18N2O2. The van der Waals surface area contributed by atoms with Crippen LogP contribution in [0.5, 0.6) is 0 Å². The van der Waals surface area contributed by atoms with Crippen molar-refractivity contribution in [2.45, 2.75) is 32.7 Å². The van der Waals surface area contributed by atoms with Gasteiger partial charge in [-0.25, -0.2) is 0 Å². The molecule has 0 aromatic rings. The summed E-state index contributed by atoms with van der Waals surface area (Å²) in [6.07, 6.45) is 4.11. The summed E-state index contributed by atoms with van der Waals surface area (Å²) in [5.74, 6) is 0.434. The Morgan fingerprint density at radius 2 is 2.12 bits per heavy atom. The Hall–Kier alpha value is -1.32. The van der Waals surface area contributed by atoms with Gasteiger partial charge in [-0.1, -0.05) is 11.6 Å². The van der Waals surface area contributed by atoms with E-state index in [4.69, 9.17) is 0 Å². The van der Waals surface area contributed by atoms with Crippen LogP contribution in [-0.2, 0) is 9.59 Å². The van der Waals surface area contributed by atoms with E-state index in [1.165, 1.54) is 5.57 Å². The van der Waals surface area contributed by atoms with Crippen LogP contribution in [0.1, 0.15) is 26.7 Å². The number of amides is 2. The fourth-order valence-corrected chi connectivity index (χ4v) is 1.93. The molecule has 0 aromatic carbocycles. The van der Waals surface area contributed by atoms with Gasteiger partial charge in [-0.2, -0.15) is 0 Å². The SMILES string of the molecule is CC(C)=CCN1CC(=O)NC(C2CC2)C1=O. The standard InChI is InChI=1S/C12H18N2O2/c1-8(2)5-6-14-7-10(15)13-11(12(14)16)9-3-4-9/h5,9,11H,3-4,6-7H2,1-2H3,(H,13,15). The van der Waals surface area contributed by atoms with Gasteiger partial charge >= 0.3 is 0 Å². The first-order valence-electron chi connectivity index (χ1n) is 5.79. The van der Waals surface area contributed by atoms with Gasteiger partial charge in [0.2, 0.25) is 11.8 Å². The van der Waals surface area contributed by atoms with Crippen LogP contribution in [-0.4, -0.2) is 35.8 Å². The Kier molecular flexibility index (Phi) is 2.99. The smallest absolute Gasteiger partial charge is 0.246 e. The lowest BCUT2D eigenvalue weighted by Crippen LogP contribution is -2.58. The van der Waals surface area contributed by atoms with Crippen molar-refractivity contribution in [2.75, 3.05) is 13.1 Å². The molecule has 1 N–H and O–H groups in total. The average Bonchev–Trinajstić information content (AvgIpc) is 3.02. The van der Waals surface area contributed by atoms with Crippen molar-refractivity contribution >= 4 is 11.8 Å². The highest BCUT2D eigenvalue weighted by Crippen LogP contribution is 2.34. The van der Waals surface area contributed by atoms with Crippen molar-refractivity contribution in [1.82, 2.24) is 10.2 Å². The molecular weight excluding hydrogens is 204 g/mol. The number of nitrogens with one attached hydrogen (secondary N) is 1. The monoisotopic (exact) mass is 222 g/mol. The third kappa shape index (κ3) is 2.43. The molecule has 4 heteroatoms. The number of carbonyl (C=O) groups excluding carboxylic acids is 2. The van der Waals surface area contributed by atoms with Gasteiger partial charge in [-0.3, -0.25) is 9.59 Å². The number of piperazine rings is 1. The lowest BCUT2D eigenvalue weighted by Gasteiger charge is -2.32. The summed E-state index contributed by atoms with van der Waals surface area (Å²) in [7, 11) is 0. The van der Waals surface area contributed by atoms with Gasteiger partial charge in [0.1, 0.15) is 6.04 Å². The molecule has 16 heavy (non-hydrogen) atoms. The Bertz CT molecular complexity index is 341. The molecule has 1 saturated heterocycles. The van der Waals surface area contributed by atoms with Gasteiger partial charge in [-0.05, 0) is 32.6 Å². The molecule has 88 valence electrons. The summed E-state index contributed by atoms with van der Waals surface area (Å²) in [6.45, 7) is 4.74. The Morgan fingerprint density at radius 3 is 2.69 bits per heavy atom. The Balaban J connectivity index is 2.03. The van der Waals surface area contributed by atoms with Crippen LogP contribution < -0.4 is 5.32 Å². The van der Waals surface area contributed by atoms with Crippen LogP contribution in [0, 0.1) is 5.92 Å². The minimum Gasteiger partial charge on any atom is -0.342 e. The molecule has 2 aliphatic rings. The molecule has 0 bridgehead atoms. The van der Waals surface area contributed by atoms with Crippen molar-refractivity contribution in [3.8, 4) is 0 Å². The molecule has 0 aromatic heterocycles. The van der Waals surface area contributed by atoms with Gasteiger partial charge in [0.15, 0.2) is 0 Å². The van der Waals surface area contributed by atoms with Crippen molar-refractivity contribution in [3.63, 3.8) is 0 Å². The molecule has 0 radical (unpaired) electrons. The molecule has 1 aliphatic carbocycles. The first kappa shape index (κ1) is 11.2. The van der Waals surface area contributed by atoms with E-state index in [9.17, 15) is 9.59 Å². The molecule has 1 saturated carbocycles. The molecule has 1 unspecified atom stereocenters. The number of nitrogens with zero attached hydrogens (tertiary/aromatic N) is 1. The van der Waals surface area contributed by atoms with Gasteiger partial charge in [-0.15, -0.1) is 0 Å². The number of carbonyl (C=O) groups is 2.